The summed E-state index contributed by atoms with van der Waals surface area (Å²) in [4.78, 5) is 14.3. The number of hydrogen-bond donors (Lipinski definition) is 1. The second-order valence-electron chi connectivity index (χ2n) is 8.86. The molecule has 5 heteroatoms. The Balaban J connectivity index is 1.67. The van der Waals surface area contributed by atoms with Crippen LogP contribution in [-0.4, -0.2) is 42.7 Å². The molecule has 0 saturated carbocycles. The highest BCUT2D eigenvalue weighted by atomic mass is 16.5. The molecule has 0 amide bonds. The van der Waals surface area contributed by atoms with Gasteiger partial charge in [0.2, 0.25) is 0 Å². The van der Waals surface area contributed by atoms with Gasteiger partial charge in [0, 0.05) is 30.8 Å². The number of hydrogen-bond acceptors (Lipinski definition) is 4. The van der Waals surface area contributed by atoms with Crippen LogP contribution in [-0.2, 0) is 11.4 Å². The maximum atomic E-state index is 12.0. The Morgan fingerprint density at radius 1 is 1.09 bits per heavy atom. The molecule has 1 N–H and O–H groups in total. The first-order valence-electron chi connectivity index (χ1n) is 11.6. The van der Waals surface area contributed by atoms with Crippen LogP contribution in [0.3, 0.4) is 0 Å². The van der Waals surface area contributed by atoms with Crippen LogP contribution in [0.1, 0.15) is 56.2 Å². The van der Waals surface area contributed by atoms with E-state index in [1.54, 1.807) is 7.11 Å². The van der Waals surface area contributed by atoms with E-state index in [0.29, 0.717) is 26.0 Å². The number of ether oxygens (including phenoxy) is 2. The molecule has 2 aromatic carbocycles. The highest BCUT2D eigenvalue weighted by Gasteiger charge is 2.37. The standard InChI is InChI=1S/C27H33NO4/c1-4-27(5-2,26(29)30)18-28-14-12-19(13-15-28)25-22-11-10-21(31-3)16-20(22)17-32-24-9-7-6-8-23(24)25/h6-11,16H,4-5,12-15,17-18H2,1-3H3,(H,29,30). The molecule has 2 aliphatic rings. The van der Waals surface area contributed by atoms with Crippen molar-refractivity contribution in [3.05, 3.63) is 64.7 Å². The van der Waals surface area contributed by atoms with Crippen molar-refractivity contribution in [1.29, 1.82) is 0 Å². The molecule has 0 spiro atoms. The molecular weight excluding hydrogens is 402 g/mol. The van der Waals surface area contributed by atoms with Gasteiger partial charge in [0.05, 0.1) is 12.5 Å². The van der Waals surface area contributed by atoms with Crippen LogP contribution < -0.4 is 9.47 Å². The first-order chi connectivity index (χ1) is 15.5. The Morgan fingerprint density at radius 2 is 1.81 bits per heavy atom. The van der Waals surface area contributed by atoms with E-state index in [4.69, 9.17) is 9.47 Å². The minimum Gasteiger partial charge on any atom is -0.497 e. The maximum Gasteiger partial charge on any atom is 0.310 e. The van der Waals surface area contributed by atoms with Gasteiger partial charge in [0.15, 0.2) is 0 Å². The number of likely N-dealkylation sites (tertiary alicyclic amines) is 1. The molecule has 2 heterocycles. The zero-order chi connectivity index (χ0) is 22.7. The molecule has 170 valence electrons. The average Bonchev–Trinajstić information content (AvgIpc) is 2.99. The minimum absolute atomic E-state index is 0.514. The number of benzene rings is 2. The van der Waals surface area contributed by atoms with Gasteiger partial charge in [-0.2, -0.15) is 0 Å². The van der Waals surface area contributed by atoms with Gasteiger partial charge in [-0.25, -0.2) is 0 Å². The summed E-state index contributed by atoms with van der Waals surface area (Å²) in [6.45, 7) is 6.86. The van der Waals surface area contributed by atoms with Gasteiger partial charge in [0.1, 0.15) is 18.1 Å². The molecule has 5 nitrogen and oxygen atoms in total. The largest absolute Gasteiger partial charge is 0.497 e. The van der Waals surface area contributed by atoms with Crippen LogP contribution in [0.25, 0.3) is 5.57 Å². The fraction of sp³-hybridized carbons (Fsp3) is 0.444. The summed E-state index contributed by atoms with van der Waals surface area (Å²) >= 11 is 0. The van der Waals surface area contributed by atoms with Crippen LogP contribution in [0.5, 0.6) is 11.5 Å². The lowest BCUT2D eigenvalue weighted by molar-refractivity contribution is -0.150. The quantitative estimate of drug-likeness (QED) is 0.660. The third-order valence-electron chi connectivity index (χ3n) is 7.27. The molecule has 1 fully saturated rings. The molecule has 0 aromatic heterocycles. The number of methoxy groups -OCH3 is 1. The van der Waals surface area contributed by atoms with Crippen molar-refractivity contribution >= 4 is 11.5 Å². The van der Waals surface area contributed by atoms with E-state index in [-0.39, 0.29) is 0 Å². The Bertz CT molecular complexity index is 1010. The third kappa shape index (κ3) is 4.14. The van der Waals surface area contributed by atoms with E-state index < -0.39 is 11.4 Å². The fourth-order valence-electron chi connectivity index (χ4n) is 5.04. The smallest absolute Gasteiger partial charge is 0.310 e. The summed E-state index contributed by atoms with van der Waals surface area (Å²) in [5.74, 6) is 1.07. The Morgan fingerprint density at radius 3 is 2.47 bits per heavy atom. The van der Waals surface area contributed by atoms with Crippen LogP contribution in [0.2, 0.25) is 0 Å². The Hall–Kier alpha value is -2.79. The highest BCUT2D eigenvalue weighted by molar-refractivity contribution is 5.87. The number of carboxylic acids is 1. The predicted octanol–water partition coefficient (Wildman–Crippen LogP) is 5.38. The lowest BCUT2D eigenvalue weighted by atomic mass is 9.81. The fourth-order valence-corrected chi connectivity index (χ4v) is 5.04. The van der Waals surface area contributed by atoms with E-state index in [1.165, 1.54) is 16.7 Å². The third-order valence-corrected chi connectivity index (χ3v) is 7.27. The second-order valence-corrected chi connectivity index (χ2v) is 8.86. The molecule has 0 bridgehead atoms. The van der Waals surface area contributed by atoms with Gasteiger partial charge in [-0.15, -0.1) is 0 Å². The number of para-hydroxylation sites is 1. The Labute approximate surface area is 190 Å². The van der Waals surface area contributed by atoms with Crippen LogP contribution in [0.15, 0.2) is 48.0 Å². The van der Waals surface area contributed by atoms with Crippen LogP contribution in [0.4, 0.5) is 0 Å². The van der Waals surface area contributed by atoms with Crippen molar-refractivity contribution in [1.82, 2.24) is 4.90 Å². The summed E-state index contributed by atoms with van der Waals surface area (Å²) in [6, 6.07) is 14.5. The topological polar surface area (TPSA) is 59.0 Å². The van der Waals surface area contributed by atoms with Gasteiger partial charge < -0.3 is 19.5 Å². The van der Waals surface area contributed by atoms with Crippen molar-refractivity contribution in [3.63, 3.8) is 0 Å². The van der Waals surface area contributed by atoms with Crippen molar-refractivity contribution in [3.8, 4) is 11.5 Å². The van der Waals surface area contributed by atoms with Gasteiger partial charge in [0.25, 0.3) is 0 Å². The van der Waals surface area contributed by atoms with Crippen molar-refractivity contribution in [2.75, 3.05) is 26.7 Å². The summed E-state index contributed by atoms with van der Waals surface area (Å²) in [5, 5.41) is 9.84. The number of carboxylic acid groups (broad SMARTS) is 1. The maximum absolute atomic E-state index is 12.0. The number of aliphatic carboxylic acids is 1. The molecular formula is C27H33NO4. The van der Waals surface area contributed by atoms with Gasteiger partial charge in [-0.05, 0) is 55.0 Å². The number of rotatable bonds is 6. The monoisotopic (exact) mass is 435 g/mol. The number of fused-ring (bicyclic) bond motifs is 2. The molecule has 4 rings (SSSR count). The summed E-state index contributed by atoms with van der Waals surface area (Å²) in [6.07, 6.45) is 3.17. The lowest BCUT2D eigenvalue weighted by Gasteiger charge is -2.37. The summed E-state index contributed by atoms with van der Waals surface area (Å²) in [7, 11) is 1.69. The zero-order valence-corrected chi connectivity index (χ0v) is 19.3. The SMILES string of the molecule is CCC(CC)(CN1CCC(=C2c3ccc(OC)cc3COc3ccccc32)CC1)C(=O)O. The summed E-state index contributed by atoms with van der Waals surface area (Å²) in [5.41, 5.74) is 5.51. The number of carbonyl (C=O) groups is 1. The zero-order valence-electron chi connectivity index (χ0n) is 19.3. The molecule has 0 aliphatic carbocycles. The molecule has 32 heavy (non-hydrogen) atoms. The first kappa shape index (κ1) is 22.4. The minimum atomic E-state index is -0.677. The van der Waals surface area contributed by atoms with Gasteiger partial charge >= 0.3 is 5.97 Å². The second kappa shape index (κ2) is 9.37. The Kier molecular flexibility index (Phi) is 6.56. The van der Waals surface area contributed by atoms with Crippen molar-refractivity contribution in [2.24, 2.45) is 5.41 Å². The van der Waals surface area contributed by atoms with E-state index in [0.717, 1.165) is 48.6 Å². The van der Waals surface area contributed by atoms with Crippen LogP contribution >= 0.6 is 0 Å². The van der Waals surface area contributed by atoms with Crippen LogP contribution in [0, 0.1) is 5.41 Å². The molecule has 0 unspecified atom stereocenters. The number of nitrogens with zero attached hydrogens (tertiary/aromatic N) is 1. The lowest BCUT2D eigenvalue weighted by Crippen LogP contribution is -2.44. The predicted molar refractivity (Wildman–Crippen MR) is 126 cm³/mol. The van der Waals surface area contributed by atoms with E-state index >= 15 is 0 Å². The normalized spacial score (nSPS) is 16.6. The van der Waals surface area contributed by atoms with Crippen molar-refractivity contribution < 1.29 is 19.4 Å². The summed E-state index contributed by atoms with van der Waals surface area (Å²) < 4.78 is 11.6. The van der Waals surface area contributed by atoms with Crippen molar-refractivity contribution in [2.45, 2.75) is 46.1 Å². The average molecular weight is 436 g/mol. The molecule has 2 aromatic rings. The van der Waals surface area contributed by atoms with E-state index in [9.17, 15) is 9.90 Å². The van der Waals surface area contributed by atoms with Gasteiger partial charge in [-0.1, -0.05) is 43.7 Å². The molecule has 2 aliphatic heterocycles. The molecule has 0 radical (unpaired) electrons. The molecule has 0 atom stereocenters. The number of piperidine rings is 1. The van der Waals surface area contributed by atoms with E-state index in [1.807, 2.05) is 32.0 Å². The first-order valence-corrected chi connectivity index (χ1v) is 11.6. The van der Waals surface area contributed by atoms with E-state index in [2.05, 4.69) is 29.2 Å². The molecule has 1 saturated heterocycles. The van der Waals surface area contributed by atoms with Gasteiger partial charge in [-0.3, -0.25) is 4.79 Å². The highest BCUT2D eigenvalue weighted by Crippen LogP contribution is 2.42.